The van der Waals surface area contributed by atoms with E-state index in [1.165, 1.54) is 22.3 Å². The van der Waals surface area contributed by atoms with E-state index < -0.39 is 14.4 Å². The van der Waals surface area contributed by atoms with E-state index >= 15 is 0 Å². The molecule has 0 atom stereocenters. The third-order valence-electron chi connectivity index (χ3n) is 8.59. The highest BCUT2D eigenvalue weighted by Gasteiger charge is 2.36. The molecule has 0 unspecified atom stereocenters. The average molecular weight is 706 g/mol. The molecule has 1 aliphatic carbocycles. The second-order valence-corrected chi connectivity index (χ2v) is 18.0. The van der Waals surface area contributed by atoms with Gasteiger partial charge in [0, 0.05) is 12.5 Å². The lowest BCUT2D eigenvalue weighted by molar-refractivity contribution is -0.0212. The van der Waals surface area contributed by atoms with E-state index in [0.29, 0.717) is 112 Å². The lowest BCUT2D eigenvalue weighted by Crippen LogP contribution is -2.41. The van der Waals surface area contributed by atoms with Crippen LogP contribution in [0.3, 0.4) is 0 Å². The normalized spacial score (nSPS) is 13.0. The maximum Gasteiger partial charge on any atom is 0.407 e. The van der Waals surface area contributed by atoms with Crippen molar-refractivity contribution in [1.82, 2.24) is 5.32 Å². The van der Waals surface area contributed by atoms with Crippen LogP contribution in [0.5, 0.6) is 0 Å². The molecule has 0 saturated carbocycles. The predicted molar refractivity (Wildman–Crippen MR) is 192 cm³/mol. The van der Waals surface area contributed by atoms with Gasteiger partial charge in [0.25, 0.3) is 0 Å². The lowest BCUT2D eigenvalue weighted by Gasteiger charge is -2.36. The molecule has 0 spiro atoms. The first-order valence-electron chi connectivity index (χ1n) is 17.5. The largest absolute Gasteiger partial charge is 0.449 e. The number of ether oxygens (including phenoxy) is 8. The van der Waals surface area contributed by atoms with Crippen LogP contribution < -0.4 is 5.32 Å². The van der Waals surface area contributed by atoms with Crippen LogP contribution in [-0.2, 0) is 42.3 Å². The van der Waals surface area contributed by atoms with Gasteiger partial charge in [-0.3, -0.25) is 0 Å². The van der Waals surface area contributed by atoms with E-state index in [1.807, 2.05) is 24.3 Å². The first-order valence-corrected chi connectivity index (χ1v) is 20.4. The van der Waals surface area contributed by atoms with Crippen molar-refractivity contribution in [3.8, 4) is 11.1 Å². The van der Waals surface area contributed by atoms with Gasteiger partial charge < -0.3 is 47.6 Å². The molecule has 0 heterocycles. The smallest absolute Gasteiger partial charge is 0.407 e. The second kappa shape index (κ2) is 23.2. The minimum absolute atomic E-state index is 0.0417. The Labute approximate surface area is 294 Å². The standard InChI is InChI=1S/C37H59NO10Si/c1-37(2,3)49(4,5)48-29-28-46-27-26-45-25-24-44-23-22-43-21-20-42-19-18-41-17-16-40-15-14-38-36(39)47-30-35-33-12-8-6-10-31(33)32-11-7-9-13-34(32)35/h6-13,35H,14-30H2,1-5H3,(H,38,39). The van der Waals surface area contributed by atoms with E-state index in [0.717, 1.165) is 0 Å². The van der Waals surface area contributed by atoms with Crippen molar-refractivity contribution in [3.05, 3.63) is 59.7 Å². The van der Waals surface area contributed by atoms with Crippen LogP contribution in [0, 0.1) is 0 Å². The Bertz CT molecular complexity index is 1150. The second-order valence-electron chi connectivity index (χ2n) is 13.1. The fourth-order valence-electron chi connectivity index (χ4n) is 4.87. The average Bonchev–Trinajstić information content (AvgIpc) is 3.40. The first-order chi connectivity index (χ1) is 23.7. The van der Waals surface area contributed by atoms with Crippen molar-refractivity contribution in [1.29, 1.82) is 0 Å². The zero-order chi connectivity index (χ0) is 35.2. The molecule has 1 N–H and O–H groups in total. The fourth-order valence-corrected chi connectivity index (χ4v) is 5.90. The summed E-state index contributed by atoms with van der Waals surface area (Å²) in [5, 5.41) is 2.96. The highest BCUT2D eigenvalue weighted by molar-refractivity contribution is 6.74. The molecule has 1 aliphatic rings. The van der Waals surface area contributed by atoms with Gasteiger partial charge in [-0.1, -0.05) is 69.3 Å². The summed E-state index contributed by atoms with van der Waals surface area (Å²) < 4.78 is 50.3. The Morgan fingerprint density at radius 1 is 0.592 bits per heavy atom. The first kappa shape index (κ1) is 41.0. The van der Waals surface area contributed by atoms with Crippen molar-refractivity contribution in [2.45, 2.75) is 44.8 Å². The maximum absolute atomic E-state index is 12.2. The number of amides is 1. The summed E-state index contributed by atoms with van der Waals surface area (Å²) >= 11 is 0. The Kier molecular flexibility index (Phi) is 19.4. The molecule has 11 nitrogen and oxygen atoms in total. The number of nitrogens with one attached hydrogen (secondary N) is 1. The van der Waals surface area contributed by atoms with Crippen LogP contribution in [-0.4, -0.2) is 127 Å². The molecular formula is C37H59NO10Si. The highest BCUT2D eigenvalue weighted by Crippen LogP contribution is 2.44. The summed E-state index contributed by atoms with van der Waals surface area (Å²) in [4.78, 5) is 12.2. The minimum atomic E-state index is -1.70. The number of benzene rings is 2. The fraction of sp³-hybridized carbons (Fsp3) is 0.649. The van der Waals surface area contributed by atoms with Gasteiger partial charge >= 0.3 is 6.09 Å². The summed E-state index contributed by atoms with van der Waals surface area (Å²) in [5.41, 5.74) is 4.79. The molecule has 1 amide bonds. The molecule has 0 aromatic heterocycles. The zero-order valence-electron chi connectivity index (χ0n) is 30.3. The lowest BCUT2D eigenvalue weighted by atomic mass is 9.98. The van der Waals surface area contributed by atoms with Crippen LogP contribution in [0.25, 0.3) is 11.1 Å². The van der Waals surface area contributed by atoms with E-state index in [2.05, 4.69) is 63.4 Å². The number of hydrogen-bond acceptors (Lipinski definition) is 10. The molecule has 12 heteroatoms. The highest BCUT2D eigenvalue weighted by atomic mass is 28.4. The van der Waals surface area contributed by atoms with Crippen LogP contribution >= 0.6 is 0 Å². The Balaban J connectivity index is 1.00. The monoisotopic (exact) mass is 705 g/mol. The van der Waals surface area contributed by atoms with Gasteiger partial charge in [-0.05, 0) is 40.4 Å². The molecule has 0 radical (unpaired) electrons. The van der Waals surface area contributed by atoms with E-state index in [4.69, 9.17) is 42.3 Å². The Morgan fingerprint density at radius 2 is 0.959 bits per heavy atom. The van der Waals surface area contributed by atoms with Gasteiger partial charge in [0.05, 0.1) is 99.1 Å². The van der Waals surface area contributed by atoms with Gasteiger partial charge in [0.2, 0.25) is 0 Å². The summed E-state index contributed by atoms with van der Waals surface area (Å²) in [7, 11) is -1.70. The number of carbonyl (C=O) groups excluding carboxylic acids is 1. The molecule has 276 valence electrons. The molecule has 0 aliphatic heterocycles. The Hall–Kier alpha value is -2.39. The maximum atomic E-state index is 12.2. The van der Waals surface area contributed by atoms with Crippen LogP contribution in [0.15, 0.2) is 48.5 Å². The minimum Gasteiger partial charge on any atom is -0.449 e. The van der Waals surface area contributed by atoms with E-state index in [1.54, 1.807) is 0 Å². The number of hydrogen-bond donors (Lipinski definition) is 1. The molecule has 2 aromatic rings. The quantitative estimate of drug-likeness (QED) is 0.0923. The van der Waals surface area contributed by atoms with Crippen LogP contribution in [0.4, 0.5) is 4.79 Å². The van der Waals surface area contributed by atoms with E-state index in [-0.39, 0.29) is 11.0 Å². The van der Waals surface area contributed by atoms with Crippen molar-refractivity contribution < 1.29 is 47.1 Å². The van der Waals surface area contributed by atoms with Gasteiger partial charge in [0.1, 0.15) is 6.61 Å². The van der Waals surface area contributed by atoms with Crippen LogP contribution in [0.1, 0.15) is 37.8 Å². The van der Waals surface area contributed by atoms with Crippen LogP contribution in [0.2, 0.25) is 18.1 Å². The molecule has 0 saturated heterocycles. The molecule has 49 heavy (non-hydrogen) atoms. The molecule has 0 bridgehead atoms. The summed E-state index contributed by atoms with van der Waals surface area (Å²) in [6, 6.07) is 16.5. The van der Waals surface area contributed by atoms with Gasteiger partial charge in [-0.2, -0.15) is 0 Å². The van der Waals surface area contributed by atoms with E-state index in [9.17, 15) is 4.79 Å². The Morgan fingerprint density at radius 3 is 1.37 bits per heavy atom. The molecular weight excluding hydrogens is 646 g/mol. The number of alkyl carbamates (subject to hydrolysis) is 1. The summed E-state index contributed by atoms with van der Waals surface area (Å²) in [5.74, 6) is 0.0417. The van der Waals surface area contributed by atoms with Crippen molar-refractivity contribution in [2.24, 2.45) is 0 Å². The van der Waals surface area contributed by atoms with Crippen molar-refractivity contribution in [3.63, 3.8) is 0 Å². The molecule has 0 fully saturated rings. The summed E-state index contributed by atoms with van der Waals surface area (Å²) in [6.07, 6.45) is -0.447. The number of carbonyl (C=O) groups is 1. The third-order valence-corrected chi connectivity index (χ3v) is 13.1. The number of rotatable bonds is 27. The van der Waals surface area contributed by atoms with Crippen molar-refractivity contribution >= 4 is 14.4 Å². The van der Waals surface area contributed by atoms with Crippen molar-refractivity contribution in [2.75, 3.05) is 112 Å². The molecule has 3 rings (SSSR count). The predicted octanol–water partition coefficient (Wildman–Crippen LogP) is 5.66. The number of fused-ring (bicyclic) bond motifs is 3. The third kappa shape index (κ3) is 15.6. The molecule has 2 aromatic carbocycles. The SMILES string of the molecule is CC(C)(C)[Si](C)(C)OCCOCCOCCOCCOCCOCCOCCOCCNC(=O)OCC1c2ccccc2-c2ccccc21. The topological polar surface area (TPSA) is 112 Å². The zero-order valence-corrected chi connectivity index (χ0v) is 31.3. The summed E-state index contributed by atoms with van der Waals surface area (Å²) in [6.45, 7) is 19.4. The van der Waals surface area contributed by atoms with Gasteiger partial charge in [-0.15, -0.1) is 0 Å². The van der Waals surface area contributed by atoms with Gasteiger partial charge in [0.15, 0.2) is 8.32 Å². The van der Waals surface area contributed by atoms with Gasteiger partial charge in [-0.25, -0.2) is 4.79 Å².